The van der Waals surface area contributed by atoms with Crippen LogP contribution in [0.25, 0.3) is 11.3 Å². The van der Waals surface area contributed by atoms with E-state index in [9.17, 15) is 0 Å². The monoisotopic (exact) mass is 323 g/mol. The molecule has 19 heavy (non-hydrogen) atoms. The molecule has 0 fully saturated rings. The molecule has 2 heterocycles. The van der Waals surface area contributed by atoms with Crippen molar-refractivity contribution in [1.82, 2.24) is 19.7 Å². The highest BCUT2D eigenvalue weighted by atomic mass is 79.9. The normalized spacial score (nSPS) is 11.2. The first-order chi connectivity index (χ1) is 9.00. The number of rotatable bonds is 4. The maximum Gasteiger partial charge on any atom is 0.133 e. The van der Waals surface area contributed by atoms with E-state index in [1.807, 2.05) is 31.8 Å². The fourth-order valence-electron chi connectivity index (χ4n) is 1.96. The number of aromatic nitrogens is 3. The largest absolute Gasteiger partial charge is 0.383 e. The highest BCUT2D eigenvalue weighted by molar-refractivity contribution is 9.10. The van der Waals surface area contributed by atoms with Crippen molar-refractivity contribution in [1.29, 1.82) is 0 Å². The van der Waals surface area contributed by atoms with Gasteiger partial charge in [0.1, 0.15) is 5.82 Å². The summed E-state index contributed by atoms with van der Waals surface area (Å²) in [6.45, 7) is 3.76. The molecule has 0 saturated heterocycles. The molecule has 2 N–H and O–H groups in total. The Morgan fingerprint density at radius 2 is 2.16 bits per heavy atom. The SMILES string of the molecule is Cc1ccnc(N)c1-c1c(Br)cnn1CCN(C)C. The average Bonchev–Trinajstić information content (AvgIpc) is 2.69. The minimum absolute atomic E-state index is 0.535. The first-order valence-corrected chi connectivity index (χ1v) is 6.87. The van der Waals surface area contributed by atoms with Crippen molar-refractivity contribution in [3.05, 3.63) is 28.5 Å². The van der Waals surface area contributed by atoms with Gasteiger partial charge >= 0.3 is 0 Å². The lowest BCUT2D eigenvalue weighted by Crippen LogP contribution is -2.19. The van der Waals surface area contributed by atoms with E-state index in [0.717, 1.165) is 34.4 Å². The van der Waals surface area contributed by atoms with E-state index in [2.05, 4.69) is 30.9 Å². The molecule has 6 heteroatoms. The molecule has 0 saturated carbocycles. The van der Waals surface area contributed by atoms with Crippen molar-refractivity contribution in [3.63, 3.8) is 0 Å². The molecule has 0 amide bonds. The fraction of sp³-hybridized carbons (Fsp3) is 0.385. The number of nitrogens with two attached hydrogens (primary N) is 1. The molecule has 2 aromatic heterocycles. The van der Waals surface area contributed by atoms with Crippen LogP contribution in [0, 0.1) is 6.92 Å². The Bertz CT molecular complexity index is 556. The quantitative estimate of drug-likeness (QED) is 0.936. The van der Waals surface area contributed by atoms with E-state index < -0.39 is 0 Å². The van der Waals surface area contributed by atoms with Gasteiger partial charge in [0, 0.05) is 18.3 Å². The topological polar surface area (TPSA) is 60.0 Å². The third-order valence-electron chi connectivity index (χ3n) is 2.98. The van der Waals surface area contributed by atoms with Gasteiger partial charge in [-0.2, -0.15) is 5.10 Å². The molecule has 0 unspecified atom stereocenters. The average molecular weight is 324 g/mol. The fourth-order valence-corrected chi connectivity index (χ4v) is 2.46. The van der Waals surface area contributed by atoms with E-state index in [0.29, 0.717) is 5.82 Å². The number of hydrogen-bond donors (Lipinski definition) is 1. The number of likely N-dealkylation sites (N-methyl/N-ethyl adjacent to an activating group) is 1. The molecule has 0 atom stereocenters. The second-order valence-electron chi connectivity index (χ2n) is 4.76. The van der Waals surface area contributed by atoms with Crippen LogP contribution in [0.2, 0.25) is 0 Å². The van der Waals surface area contributed by atoms with Crippen molar-refractivity contribution in [2.75, 3.05) is 26.4 Å². The highest BCUT2D eigenvalue weighted by Crippen LogP contribution is 2.33. The molecule has 0 spiro atoms. The number of pyridine rings is 1. The maximum atomic E-state index is 6.02. The van der Waals surface area contributed by atoms with Crippen LogP contribution in [0.4, 0.5) is 5.82 Å². The molecule has 0 aliphatic rings. The molecular weight excluding hydrogens is 306 g/mol. The van der Waals surface area contributed by atoms with Gasteiger partial charge in [0.05, 0.1) is 22.9 Å². The summed E-state index contributed by atoms with van der Waals surface area (Å²) in [4.78, 5) is 6.30. The van der Waals surface area contributed by atoms with Gasteiger partial charge in [-0.25, -0.2) is 4.98 Å². The Morgan fingerprint density at radius 1 is 1.42 bits per heavy atom. The first-order valence-electron chi connectivity index (χ1n) is 6.08. The molecule has 0 aromatic carbocycles. The van der Waals surface area contributed by atoms with E-state index in [1.165, 1.54) is 0 Å². The Balaban J connectivity index is 2.47. The van der Waals surface area contributed by atoms with E-state index >= 15 is 0 Å². The molecule has 0 radical (unpaired) electrons. The molecule has 2 rings (SSSR count). The van der Waals surface area contributed by atoms with Gasteiger partial charge in [-0.15, -0.1) is 0 Å². The lowest BCUT2D eigenvalue weighted by Gasteiger charge is -2.14. The zero-order chi connectivity index (χ0) is 14.0. The van der Waals surface area contributed by atoms with Crippen LogP contribution >= 0.6 is 15.9 Å². The van der Waals surface area contributed by atoms with Crippen LogP contribution in [0.3, 0.4) is 0 Å². The van der Waals surface area contributed by atoms with Crippen LogP contribution in [0.15, 0.2) is 22.9 Å². The van der Waals surface area contributed by atoms with Crippen LogP contribution < -0.4 is 5.73 Å². The summed E-state index contributed by atoms with van der Waals surface area (Å²) >= 11 is 3.55. The summed E-state index contributed by atoms with van der Waals surface area (Å²) < 4.78 is 2.90. The van der Waals surface area contributed by atoms with E-state index in [1.54, 1.807) is 12.4 Å². The van der Waals surface area contributed by atoms with Crippen LogP contribution in [-0.2, 0) is 6.54 Å². The Kier molecular flexibility index (Phi) is 4.21. The van der Waals surface area contributed by atoms with Crippen LogP contribution in [0.1, 0.15) is 5.56 Å². The lowest BCUT2D eigenvalue weighted by atomic mass is 10.1. The maximum absolute atomic E-state index is 6.02. The Hall–Kier alpha value is -1.40. The number of halogens is 1. The summed E-state index contributed by atoms with van der Waals surface area (Å²) in [6.07, 6.45) is 3.53. The van der Waals surface area contributed by atoms with Crippen LogP contribution in [0.5, 0.6) is 0 Å². The second kappa shape index (κ2) is 5.71. The summed E-state index contributed by atoms with van der Waals surface area (Å²) in [5.74, 6) is 0.535. The van der Waals surface area contributed by atoms with Crippen LogP contribution in [-0.4, -0.2) is 40.3 Å². The molecule has 102 valence electrons. The van der Waals surface area contributed by atoms with Crippen molar-refractivity contribution in [2.24, 2.45) is 0 Å². The summed E-state index contributed by atoms with van der Waals surface area (Å²) in [6, 6.07) is 1.96. The van der Waals surface area contributed by atoms with Gasteiger partial charge in [-0.3, -0.25) is 4.68 Å². The second-order valence-corrected chi connectivity index (χ2v) is 5.61. The predicted molar refractivity (Wildman–Crippen MR) is 80.9 cm³/mol. The first kappa shape index (κ1) is 14.0. The van der Waals surface area contributed by atoms with Crippen molar-refractivity contribution in [3.8, 4) is 11.3 Å². The lowest BCUT2D eigenvalue weighted by molar-refractivity contribution is 0.374. The third kappa shape index (κ3) is 2.96. The Labute approximate surface area is 121 Å². The van der Waals surface area contributed by atoms with Crippen molar-refractivity contribution >= 4 is 21.7 Å². The molecular formula is C13H18BrN5. The van der Waals surface area contributed by atoms with Gasteiger partial charge in [0.25, 0.3) is 0 Å². The van der Waals surface area contributed by atoms with Gasteiger partial charge in [0.15, 0.2) is 0 Å². The van der Waals surface area contributed by atoms with Gasteiger partial charge in [0.2, 0.25) is 0 Å². The van der Waals surface area contributed by atoms with Gasteiger partial charge in [-0.1, -0.05) is 0 Å². The number of nitrogens with zero attached hydrogens (tertiary/aromatic N) is 4. The number of hydrogen-bond acceptors (Lipinski definition) is 4. The van der Waals surface area contributed by atoms with Crippen molar-refractivity contribution < 1.29 is 0 Å². The van der Waals surface area contributed by atoms with Gasteiger partial charge < -0.3 is 10.6 Å². The third-order valence-corrected chi connectivity index (χ3v) is 3.56. The zero-order valence-corrected chi connectivity index (χ0v) is 13.0. The predicted octanol–water partition coefficient (Wildman–Crippen LogP) is 2.16. The van der Waals surface area contributed by atoms with E-state index in [-0.39, 0.29) is 0 Å². The highest BCUT2D eigenvalue weighted by Gasteiger charge is 2.16. The van der Waals surface area contributed by atoms with E-state index in [4.69, 9.17) is 5.73 Å². The number of anilines is 1. The number of nitrogen functional groups attached to an aromatic ring is 1. The van der Waals surface area contributed by atoms with Crippen molar-refractivity contribution in [2.45, 2.75) is 13.5 Å². The zero-order valence-electron chi connectivity index (χ0n) is 11.4. The van der Waals surface area contributed by atoms with Gasteiger partial charge in [-0.05, 0) is 48.6 Å². The smallest absolute Gasteiger partial charge is 0.133 e. The number of aryl methyl sites for hydroxylation is 1. The minimum Gasteiger partial charge on any atom is -0.383 e. The standard InChI is InChI=1S/C13H18BrN5/c1-9-4-5-16-13(15)11(9)12-10(14)8-17-19(12)7-6-18(2)3/h4-5,8H,6-7H2,1-3H3,(H2,15,16). The summed E-state index contributed by atoms with van der Waals surface area (Å²) in [7, 11) is 4.09. The molecule has 2 aromatic rings. The molecule has 5 nitrogen and oxygen atoms in total. The summed E-state index contributed by atoms with van der Waals surface area (Å²) in [5, 5.41) is 4.41. The molecule has 0 bridgehead atoms. The molecule has 0 aliphatic carbocycles. The minimum atomic E-state index is 0.535. The summed E-state index contributed by atoms with van der Waals surface area (Å²) in [5.41, 5.74) is 9.06. The molecule has 0 aliphatic heterocycles. The Morgan fingerprint density at radius 3 is 2.79 bits per heavy atom.